The van der Waals surface area contributed by atoms with Crippen LogP contribution in [0.2, 0.25) is 0 Å². The van der Waals surface area contributed by atoms with Gasteiger partial charge in [0.05, 0.1) is 11.9 Å². The van der Waals surface area contributed by atoms with Crippen molar-refractivity contribution in [2.75, 3.05) is 31.1 Å². The van der Waals surface area contributed by atoms with Crippen LogP contribution >= 0.6 is 0 Å². The average Bonchev–Trinajstić information content (AvgIpc) is 2.56. The third-order valence-corrected chi connectivity index (χ3v) is 4.24. The molecule has 0 radical (unpaired) electrons. The van der Waals surface area contributed by atoms with Gasteiger partial charge in [-0.3, -0.25) is 9.88 Å². The summed E-state index contributed by atoms with van der Waals surface area (Å²) >= 11 is 0. The van der Waals surface area contributed by atoms with Gasteiger partial charge in [0.25, 0.3) is 0 Å². The fourth-order valence-electron chi connectivity index (χ4n) is 2.89. The van der Waals surface area contributed by atoms with E-state index in [-0.39, 0.29) is 0 Å². The Bertz CT molecular complexity index is 572. The molecule has 3 rings (SSSR count). The van der Waals surface area contributed by atoms with Crippen LogP contribution in [0.5, 0.6) is 0 Å². The first-order valence-corrected chi connectivity index (χ1v) is 7.73. The molecule has 0 aliphatic carbocycles. The predicted octanol–water partition coefficient (Wildman–Crippen LogP) is 3.28. The third kappa shape index (κ3) is 3.24. The molecule has 1 aliphatic rings. The molecule has 0 unspecified atom stereocenters. The summed E-state index contributed by atoms with van der Waals surface area (Å²) in [6, 6.07) is 13.4. The van der Waals surface area contributed by atoms with Crippen LogP contribution in [0.3, 0.4) is 0 Å². The topological polar surface area (TPSA) is 19.4 Å². The molecule has 3 heteroatoms. The minimum absolute atomic E-state index is 0.640. The van der Waals surface area contributed by atoms with Crippen LogP contribution in [0.4, 0.5) is 5.69 Å². The minimum atomic E-state index is 0.640. The summed E-state index contributed by atoms with van der Waals surface area (Å²) < 4.78 is 0. The van der Waals surface area contributed by atoms with Crippen molar-refractivity contribution in [1.29, 1.82) is 0 Å². The Balaban J connectivity index is 1.75. The molecule has 1 aromatic carbocycles. The van der Waals surface area contributed by atoms with Crippen LogP contribution in [0, 0.1) is 0 Å². The zero-order valence-electron chi connectivity index (χ0n) is 12.9. The van der Waals surface area contributed by atoms with Crippen LogP contribution in [-0.2, 0) is 0 Å². The summed E-state index contributed by atoms with van der Waals surface area (Å²) in [6.45, 7) is 8.97. The normalized spacial score (nSPS) is 16.4. The average molecular weight is 281 g/mol. The number of piperazine rings is 1. The minimum Gasteiger partial charge on any atom is -0.368 e. The van der Waals surface area contributed by atoms with Crippen LogP contribution in [0.15, 0.2) is 48.8 Å². The zero-order chi connectivity index (χ0) is 14.7. The summed E-state index contributed by atoms with van der Waals surface area (Å²) in [5.74, 6) is 0. The van der Waals surface area contributed by atoms with Gasteiger partial charge in [-0.15, -0.1) is 0 Å². The van der Waals surface area contributed by atoms with Gasteiger partial charge in [-0.05, 0) is 25.5 Å². The van der Waals surface area contributed by atoms with E-state index >= 15 is 0 Å². The zero-order valence-corrected chi connectivity index (χ0v) is 12.9. The standard InChI is InChI=1S/C18H23N3/c1-15(2)20-8-10-21(11-9-20)18-12-17(13-19-14-18)16-6-4-3-5-7-16/h3-7,12-15H,8-11H2,1-2H3. The lowest BCUT2D eigenvalue weighted by atomic mass is 10.1. The Labute approximate surface area is 127 Å². The Morgan fingerprint density at radius 2 is 1.62 bits per heavy atom. The first-order chi connectivity index (χ1) is 10.2. The van der Waals surface area contributed by atoms with Gasteiger partial charge in [0.15, 0.2) is 0 Å². The highest BCUT2D eigenvalue weighted by atomic mass is 15.3. The number of aromatic nitrogens is 1. The first-order valence-electron chi connectivity index (χ1n) is 7.73. The molecule has 21 heavy (non-hydrogen) atoms. The lowest BCUT2D eigenvalue weighted by Gasteiger charge is -2.38. The molecule has 110 valence electrons. The van der Waals surface area contributed by atoms with Gasteiger partial charge in [0.2, 0.25) is 0 Å². The molecule has 0 N–H and O–H groups in total. The molecule has 0 bridgehead atoms. The molecule has 1 saturated heterocycles. The molecule has 1 aromatic heterocycles. The molecular formula is C18H23N3. The fourth-order valence-corrected chi connectivity index (χ4v) is 2.89. The second kappa shape index (κ2) is 6.27. The maximum Gasteiger partial charge on any atom is 0.0559 e. The van der Waals surface area contributed by atoms with Crippen LogP contribution in [0.25, 0.3) is 11.1 Å². The molecular weight excluding hydrogens is 258 g/mol. The van der Waals surface area contributed by atoms with Crippen molar-refractivity contribution in [3.05, 3.63) is 48.8 Å². The Morgan fingerprint density at radius 1 is 0.905 bits per heavy atom. The molecule has 0 saturated carbocycles. The van der Waals surface area contributed by atoms with E-state index in [1.807, 2.05) is 18.5 Å². The summed E-state index contributed by atoms with van der Waals surface area (Å²) in [7, 11) is 0. The van der Waals surface area contributed by atoms with Crippen molar-refractivity contribution in [2.24, 2.45) is 0 Å². The molecule has 0 atom stereocenters. The largest absolute Gasteiger partial charge is 0.368 e. The molecule has 0 spiro atoms. The van der Waals surface area contributed by atoms with Crippen molar-refractivity contribution < 1.29 is 0 Å². The Morgan fingerprint density at radius 3 is 2.29 bits per heavy atom. The number of hydrogen-bond acceptors (Lipinski definition) is 3. The van der Waals surface area contributed by atoms with Gasteiger partial charge >= 0.3 is 0 Å². The molecule has 1 aliphatic heterocycles. The van der Waals surface area contributed by atoms with Crippen LogP contribution < -0.4 is 4.90 Å². The number of hydrogen-bond donors (Lipinski definition) is 0. The van der Waals surface area contributed by atoms with E-state index in [4.69, 9.17) is 0 Å². The highest BCUT2D eigenvalue weighted by molar-refractivity contribution is 5.67. The summed E-state index contributed by atoms with van der Waals surface area (Å²) in [4.78, 5) is 9.41. The lowest BCUT2D eigenvalue weighted by molar-refractivity contribution is 0.209. The van der Waals surface area contributed by atoms with Gasteiger partial charge in [-0.1, -0.05) is 30.3 Å². The van der Waals surface area contributed by atoms with Gasteiger partial charge in [-0.2, -0.15) is 0 Å². The second-order valence-corrected chi connectivity index (χ2v) is 5.91. The maximum absolute atomic E-state index is 4.44. The quantitative estimate of drug-likeness (QED) is 0.860. The fraction of sp³-hybridized carbons (Fsp3) is 0.389. The number of pyridine rings is 1. The van der Waals surface area contributed by atoms with Crippen molar-refractivity contribution in [3.63, 3.8) is 0 Å². The number of rotatable bonds is 3. The molecule has 0 amide bonds. The van der Waals surface area contributed by atoms with E-state index in [0.29, 0.717) is 6.04 Å². The van der Waals surface area contributed by atoms with Crippen molar-refractivity contribution in [2.45, 2.75) is 19.9 Å². The Kier molecular flexibility index (Phi) is 4.20. The van der Waals surface area contributed by atoms with E-state index < -0.39 is 0 Å². The number of nitrogens with zero attached hydrogens (tertiary/aromatic N) is 3. The van der Waals surface area contributed by atoms with Crippen LogP contribution in [0.1, 0.15) is 13.8 Å². The molecule has 3 nitrogen and oxygen atoms in total. The third-order valence-electron chi connectivity index (χ3n) is 4.24. The molecule has 2 heterocycles. The molecule has 1 fully saturated rings. The summed E-state index contributed by atoms with van der Waals surface area (Å²) in [6.07, 6.45) is 3.93. The van der Waals surface area contributed by atoms with Gasteiger partial charge < -0.3 is 4.90 Å². The van der Waals surface area contributed by atoms with E-state index in [9.17, 15) is 0 Å². The second-order valence-electron chi connectivity index (χ2n) is 5.91. The van der Waals surface area contributed by atoms with Gasteiger partial charge in [-0.25, -0.2) is 0 Å². The van der Waals surface area contributed by atoms with E-state index in [1.165, 1.54) is 16.8 Å². The lowest BCUT2D eigenvalue weighted by Crippen LogP contribution is -2.48. The van der Waals surface area contributed by atoms with Gasteiger partial charge in [0, 0.05) is 44.0 Å². The maximum atomic E-state index is 4.44. The van der Waals surface area contributed by atoms with E-state index in [0.717, 1.165) is 26.2 Å². The number of benzene rings is 1. The van der Waals surface area contributed by atoms with Crippen molar-refractivity contribution >= 4 is 5.69 Å². The highest BCUT2D eigenvalue weighted by Crippen LogP contribution is 2.24. The molecule has 2 aromatic rings. The van der Waals surface area contributed by atoms with Crippen LogP contribution in [-0.4, -0.2) is 42.1 Å². The first kappa shape index (κ1) is 14.1. The van der Waals surface area contributed by atoms with E-state index in [1.54, 1.807) is 0 Å². The van der Waals surface area contributed by atoms with Gasteiger partial charge in [0.1, 0.15) is 0 Å². The van der Waals surface area contributed by atoms with Crippen molar-refractivity contribution in [3.8, 4) is 11.1 Å². The van der Waals surface area contributed by atoms with Crippen molar-refractivity contribution in [1.82, 2.24) is 9.88 Å². The SMILES string of the molecule is CC(C)N1CCN(c2cncc(-c3ccccc3)c2)CC1. The Hall–Kier alpha value is -1.87. The summed E-state index contributed by atoms with van der Waals surface area (Å²) in [5, 5.41) is 0. The van der Waals surface area contributed by atoms with E-state index in [2.05, 4.69) is 59.0 Å². The predicted molar refractivity (Wildman–Crippen MR) is 88.6 cm³/mol. The summed E-state index contributed by atoms with van der Waals surface area (Å²) in [5.41, 5.74) is 3.66. The smallest absolute Gasteiger partial charge is 0.0559 e. The highest BCUT2D eigenvalue weighted by Gasteiger charge is 2.19. The monoisotopic (exact) mass is 281 g/mol. The number of anilines is 1.